The van der Waals surface area contributed by atoms with Crippen LogP contribution in [0.4, 0.5) is 5.69 Å². The van der Waals surface area contributed by atoms with E-state index in [0.29, 0.717) is 6.04 Å². The quantitative estimate of drug-likeness (QED) is 0.749. The highest BCUT2D eigenvalue weighted by atomic mass is 15.3. The molecule has 2 heterocycles. The lowest BCUT2D eigenvalue weighted by molar-refractivity contribution is 0.115. The lowest BCUT2D eigenvalue weighted by Crippen LogP contribution is -2.59. The molecule has 2 unspecified atom stereocenters. The number of nitrogens with zero attached hydrogens (tertiary/aromatic N) is 2. The Morgan fingerprint density at radius 3 is 2.78 bits per heavy atom. The lowest BCUT2D eigenvalue weighted by atomic mass is 9.96. The topological polar surface area (TPSA) is 6.48 Å². The van der Waals surface area contributed by atoms with Crippen molar-refractivity contribution in [2.75, 3.05) is 24.5 Å². The molecule has 0 bridgehead atoms. The number of hydrogen-bond acceptors (Lipinski definition) is 2. The molecule has 2 saturated heterocycles. The highest BCUT2D eigenvalue weighted by Gasteiger charge is 2.33. The highest BCUT2D eigenvalue weighted by Crippen LogP contribution is 2.29. The van der Waals surface area contributed by atoms with Crippen LogP contribution in [0.3, 0.4) is 0 Å². The first-order valence-electron chi connectivity index (χ1n) is 7.32. The van der Waals surface area contributed by atoms with E-state index in [1.807, 2.05) is 0 Å². The second-order valence-electron chi connectivity index (χ2n) is 5.93. The van der Waals surface area contributed by atoms with Gasteiger partial charge < -0.3 is 4.90 Å². The van der Waals surface area contributed by atoms with E-state index in [0.717, 1.165) is 6.04 Å². The minimum absolute atomic E-state index is 0.639. The van der Waals surface area contributed by atoms with Crippen molar-refractivity contribution in [3.8, 4) is 0 Å². The van der Waals surface area contributed by atoms with E-state index in [1.54, 1.807) is 0 Å². The SMILES string of the molecule is Cc1ccccc1N1CC2CCCCN2CC1C. The highest BCUT2D eigenvalue weighted by molar-refractivity contribution is 5.54. The summed E-state index contributed by atoms with van der Waals surface area (Å²) in [5, 5.41) is 0. The molecule has 2 aliphatic rings. The Hall–Kier alpha value is -1.02. The van der Waals surface area contributed by atoms with Crippen molar-refractivity contribution in [1.82, 2.24) is 4.90 Å². The van der Waals surface area contributed by atoms with Gasteiger partial charge in [0.05, 0.1) is 0 Å². The molecule has 98 valence electrons. The molecule has 2 atom stereocenters. The van der Waals surface area contributed by atoms with Gasteiger partial charge in [0.15, 0.2) is 0 Å². The van der Waals surface area contributed by atoms with E-state index in [9.17, 15) is 0 Å². The molecule has 1 aromatic carbocycles. The molecule has 0 aliphatic carbocycles. The molecule has 0 amide bonds. The molecule has 3 rings (SSSR count). The third kappa shape index (κ3) is 2.14. The van der Waals surface area contributed by atoms with Crippen LogP contribution in [0.5, 0.6) is 0 Å². The number of anilines is 1. The van der Waals surface area contributed by atoms with Crippen molar-refractivity contribution >= 4 is 5.69 Å². The Kier molecular flexibility index (Phi) is 3.29. The minimum Gasteiger partial charge on any atom is -0.366 e. The number of fused-ring (bicyclic) bond motifs is 1. The fraction of sp³-hybridized carbons (Fsp3) is 0.625. The Labute approximate surface area is 111 Å². The van der Waals surface area contributed by atoms with Crippen LogP contribution in [-0.4, -0.2) is 36.6 Å². The predicted molar refractivity (Wildman–Crippen MR) is 77.2 cm³/mol. The smallest absolute Gasteiger partial charge is 0.0399 e. The number of hydrogen-bond donors (Lipinski definition) is 0. The Bertz CT molecular complexity index is 415. The fourth-order valence-electron chi connectivity index (χ4n) is 3.57. The molecular weight excluding hydrogens is 220 g/mol. The molecule has 2 heteroatoms. The van der Waals surface area contributed by atoms with Gasteiger partial charge >= 0.3 is 0 Å². The average Bonchev–Trinajstić information content (AvgIpc) is 2.39. The van der Waals surface area contributed by atoms with Crippen molar-refractivity contribution in [2.24, 2.45) is 0 Å². The lowest BCUT2D eigenvalue weighted by Gasteiger charge is -2.48. The van der Waals surface area contributed by atoms with Crippen molar-refractivity contribution in [3.63, 3.8) is 0 Å². The maximum absolute atomic E-state index is 2.71. The molecule has 18 heavy (non-hydrogen) atoms. The second-order valence-corrected chi connectivity index (χ2v) is 5.93. The summed E-state index contributed by atoms with van der Waals surface area (Å²) in [5.41, 5.74) is 2.85. The first kappa shape index (κ1) is 12.0. The first-order chi connectivity index (χ1) is 8.75. The van der Waals surface area contributed by atoms with Crippen molar-refractivity contribution in [3.05, 3.63) is 29.8 Å². The van der Waals surface area contributed by atoms with E-state index in [1.165, 1.54) is 50.1 Å². The number of rotatable bonds is 1. The summed E-state index contributed by atoms with van der Waals surface area (Å²) in [6, 6.07) is 10.2. The zero-order valence-corrected chi connectivity index (χ0v) is 11.6. The molecule has 0 spiro atoms. The second kappa shape index (κ2) is 4.93. The molecule has 2 nitrogen and oxygen atoms in total. The van der Waals surface area contributed by atoms with Gasteiger partial charge in [-0.25, -0.2) is 0 Å². The summed E-state index contributed by atoms with van der Waals surface area (Å²) in [7, 11) is 0. The van der Waals surface area contributed by atoms with Crippen molar-refractivity contribution in [2.45, 2.75) is 45.2 Å². The third-order valence-corrected chi connectivity index (χ3v) is 4.61. The normalized spacial score (nSPS) is 29.1. The van der Waals surface area contributed by atoms with Gasteiger partial charge in [0.1, 0.15) is 0 Å². The van der Waals surface area contributed by atoms with Crippen LogP contribution < -0.4 is 4.90 Å². The standard InChI is InChI=1S/C16H24N2/c1-13-7-3-4-9-16(13)18-12-15-8-5-6-10-17(15)11-14(18)2/h3-4,7,9,14-15H,5-6,8,10-12H2,1-2H3. The molecule has 0 aromatic heterocycles. The Balaban J connectivity index is 1.82. The molecule has 2 fully saturated rings. The van der Waals surface area contributed by atoms with Gasteiger partial charge in [-0.1, -0.05) is 24.6 Å². The van der Waals surface area contributed by atoms with Gasteiger partial charge in [0.2, 0.25) is 0 Å². The molecule has 0 saturated carbocycles. The van der Waals surface area contributed by atoms with Crippen LogP contribution in [0.2, 0.25) is 0 Å². The monoisotopic (exact) mass is 244 g/mol. The predicted octanol–water partition coefficient (Wildman–Crippen LogP) is 3.06. The Morgan fingerprint density at radius 1 is 1.11 bits per heavy atom. The summed E-state index contributed by atoms with van der Waals surface area (Å²) in [6.45, 7) is 8.37. The summed E-state index contributed by atoms with van der Waals surface area (Å²) in [5.74, 6) is 0. The summed E-state index contributed by atoms with van der Waals surface area (Å²) in [4.78, 5) is 5.34. The van der Waals surface area contributed by atoms with Crippen LogP contribution in [0.15, 0.2) is 24.3 Å². The molecule has 0 N–H and O–H groups in total. The van der Waals surface area contributed by atoms with E-state index < -0.39 is 0 Å². The molecular formula is C16H24N2. The van der Waals surface area contributed by atoms with E-state index >= 15 is 0 Å². The number of piperazine rings is 1. The van der Waals surface area contributed by atoms with Gasteiger partial charge in [-0.05, 0) is 44.9 Å². The van der Waals surface area contributed by atoms with Crippen LogP contribution in [0.1, 0.15) is 31.7 Å². The van der Waals surface area contributed by atoms with Gasteiger partial charge in [0, 0.05) is 30.9 Å². The fourth-order valence-corrected chi connectivity index (χ4v) is 3.57. The first-order valence-corrected chi connectivity index (χ1v) is 7.32. The molecule has 0 radical (unpaired) electrons. The number of para-hydroxylation sites is 1. The summed E-state index contributed by atoms with van der Waals surface area (Å²) >= 11 is 0. The molecule has 1 aromatic rings. The number of aryl methyl sites for hydroxylation is 1. The summed E-state index contributed by atoms with van der Waals surface area (Å²) in [6.07, 6.45) is 4.19. The summed E-state index contributed by atoms with van der Waals surface area (Å²) < 4.78 is 0. The van der Waals surface area contributed by atoms with E-state index in [4.69, 9.17) is 0 Å². The zero-order chi connectivity index (χ0) is 12.5. The minimum atomic E-state index is 0.639. The van der Waals surface area contributed by atoms with E-state index in [-0.39, 0.29) is 0 Å². The van der Waals surface area contributed by atoms with Crippen LogP contribution >= 0.6 is 0 Å². The maximum atomic E-state index is 2.71. The number of piperidine rings is 1. The number of benzene rings is 1. The zero-order valence-electron chi connectivity index (χ0n) is 11.6. The van der Waals surface area contributed by atoms with Crippen molar-refractivity contribution in [1.29, 1.82) is 0 Å². The third-order valence-electron chi connectivity index (χ3n) is 4.61. The van der Waals surface area contributed by atoms with Gasteiger partial charge in [-0.3, -0.25) is 4.90 Å². The van der Waals surface area contributed by atoms with Gasteiger partial charge in [0.25, 0.3) is 0 Å². The van der Waals surface area contributed by atoms with Crippen LogP contribution in [-0.2, 0) is 0 Å². The average molecular weight is 244 g/mol. The van der Waals surface area contributed by atoms with Crippen LogP contribution in [0, 0.1) is 6.92 Å². The molecule has 2 aliphatic heterocycles. The largest absolute Gasteiger partial charge is 0.366 e. The van der Waals surface area contributed by atoms with Crippen molar-refractivity contribution < 1.29 is 0 Å². The Morgan fingerprint density at radius 2 is 1.94 bits per heavy atom. The van der Waals surface area contributed by atoms with E-state index in [2.05, 4.69) is 47.9 Å². The van der Waals surface area contributed by atoms with Gasteiger partial charge in [-0.2, -0.15) is 0 Å². The van der Waals surface area contributed by atoms with Crippen LogP contribution in [0.25, 0.3) is 0 Å². The van der Waals surface area contributed by atoms with Gasteiger partial charge in [-0.15, -0.1) is 0 Å². The maximum Gasteiger partial charge on any atom is 0.0399 e.